The van der Waals surface area contributed by atoms with E-state index in [2.05, 4.69) is 35.7 Å². The molecular weight excluding hydrogens is 598 g/mol. The molecule has 0 aliphatic carbocycles. The predicted octanol–water partition coefficient (Wildman–Crippen LogP) is 7.25. The highest BCUT2D eigenvalue weighted by molar-refractivity contribution is 7.92. The van der Waals surface area contributed by atoms with E-state index in [1.807, 2.05) is 36.4 Å². The SMILES string of the molecule is CCOC(=O)c1cc(-c2ccc(S(=O)(=O)Nc3cccnc3)cc2)nc2c1c(-c1ccc(CC)cc1)nn2-c1ccc(CC)cc1. The van der Waals surface area contributed by atoms with Crippen molar-refractivity contribution < 1.29 is 17.9 Å². The fraction of sp³-hybridized carbons (Fsp3) is 0.167. The Kier molecular flexibility index (Phi) is 8.63. The molecule has 3 heterocycles. The maximum Gasteiger partial charge on any atom is 0.339 e. The van der Waals surface area contributed by atoms with E-state index >= 15 is 0 Å². The molecule has 0 unspecified atom stereocenters. The van der Waals surface area contributed by atoms with Crippen LogP contribution in [0.1, 0.15) is 42.3 Å². The summed E-state index contributed by atoms with van der Waals surface area (Å²) < 4.78 is 35.9. The number of fused-ring (bicyclic) bond motifs is 1. The number of nitrogens with zero attached hydrogens (tertiary/aromatic N) is 4. The Morgan fingerprint density at radius 2 is 1.50 bits per heavy atom. The van der Waals surface area contributed by atoms with Crippen molar-refractivity contribution in [1.82, 2.24) is 19.7 Å². The molecule has 232 valence electrons. The number of rotatable bonds is 10. The maximum atomic E-state index is 13.5. The second kappa shape index (κ2) is 12.9. The van der Waals surface area contributed by atoms with Crippen molar-refractivity contribution in [3.05, 3.63) is 120 Å². The lowest BCUT2D eigenvalue weighted by Gasteiger charge is -2.11. The third kappa shape index (κ3) is 6.12. The van der Waals surface area contributed by atoms with Crippen LogP contribution in [0.15, 0.2) is 108 Å². The van der Waals surface area contributed by atoms with Crippen LogP contribution in [0.4, 0.5) is 5.69 Å². The van der Waals surface area contributed by atoms with Gasteiger partial charge in [0.1, 0.15) is 5.69 Å². The zero-order chi connectivity index (χ0) is 32.3. The molecule has 0 atom stereocenters. The number of sulfonamides is 1. The first-order valence-electron chi connectivity index (χ1n) is 15.1. The Morgan fingerprint density at radius 3 is 2.11 bits per heavy atom. The normalized spacial score (nSPS) is 11.5. The molecule has 0 saturated heterocycles. The number of hydrogen-bond donors (Lipinski definition) is 1. The van der Waals surface area contributed by atoms with Gasteiger partial charge in [0, 0.05) is 17.3 Å². The standard InChI is InChI=1S/C36H33N5O4S/c1-4-24-9-13-27(14-10-24)34-33-31(36(42)45-6-3)22-32(38-35(33)41(39-34)29-17-11-25(5-2)12-18-29)26-15-19-30(20-16-26)46(43,44)40-28-8-7-21-37-23-28/h7-23,40H,4-6H2,1-3H3. The van der Waals surface area contributed by atoms with Crippen molar-refractivity contribution in [3.63, 3.8) is 0 Å². The average molecular weight is 632 g/mol. The van der Waals surface area contributed by atoms with Gasteiger partial charge in [-0.05, 0) is 73.4 Å². The lowest BCUT2D eigenvalue weighted by Crippen LogP contribution is -2.13. The van der Waals surface area contributed by atoms with Crippen LogP contribution in [-0.2, 0) is 27.6 Å². The number of nitrogens with one attached hydrogen (secondary N) is 1. The van der Waals surface area contributed by atoms with E-state index in [1.54, 1.807) is 48.1 Å². The lowest BCUT2D eigenvalue weighted by atomic mass is 10.0. The molecule has 0 amide bonds. The first-order chi connectivity index (χ1) is 22.3. The average Bonchev–Trinajstić information content (AvgIpc) is 3.48. The lowest BCUT2D eigenvalue weighted by molar-refractivity contribution is 0.0528. The Bertz CT molecular complexity index is 2110. The quantitative estimate of drug-likeness (QED) is 0.158. The van der Waals surface area contributed by atoms with Gasteiger partial charge in [0.15, 0.2) is 5.65 Å². The number of anilines is 1. The van der Waals surface area contributed by atoms with E-state index in [-0.39, 0.29) is 11.5 Å². The highest BCUT2D eigenvalue weighted by Crippen LogP contribution is 2.35. The van der Waals surface area contributed by atoms with Gasteiger partial charge >= 0.3 is 5.97 Å². The zero-order valence-electron chi connectivity index (χ0n) is 25.8. The van der Waals surface area contributed by atoms with Crippen molar-refractivity contribution in [2.75, 3.05) is 11.3 Å². The van der Waals surface area contributed by atoms with E-state index in [9.17, 15) is 13.2 Å². The molecule has 3 aromatic heterocycles. The van der Waals surface area contributed by atoms with Gasteiger partial charge in [0.05, 0.1) is 45.7 Å². The van der Waals surface area contributed by atoms with E-state index in [1.165, 1.54) is 29.5 Å². The summed E-state index contributed by atoms with van der Waals surface area (Å²) in [5.41, 5.74) is 6.88. The molecule has 0 radical (unpaired) electrons. The number of ether oxygens (including phenoxy) is 1. The Hall–Kier alpha value is -5.35. The number of esters is 1. The summed E-state index contributed by atoms with van der Waals surface area (Å²) in [5.74, 6) is -0.497. The fourth-order valence-electron chi connectivity index (χ4n) is 5.23. The number of benzene rings is 3. The van der Waals surface area contributed by atoms with Crippen LogP contribution in [0.3, 0.4) is 0 Å². The van der Waals surface area contributed by atoms with Gasteiger partial charge in [-0.2, -0.15) is 5.10 Å². The minimum atomic E-state index is -3.86. The zero-order valence-corrected chi connectivity index (χ0v) is 26.6. The monoisotopic (exact) mass is 631 g/mol. The van der Waals surface area contributed by atoms with E-state index < -0.39 is 16.0 Å². The predicted molar refractivity (Wildman–Crippen MR) is 179 cm³/mol. The highest BCUT2D eigenvalue weighted by atomic mass is 32.2. The number of hydrogen-bond acceptors (Lipinski definition) is 7. The summed E-state index contributed by atoms with van der Waals surface area (Å²) in [6, 6.07) is 27.5. The molecule has 0 aliphatic rings. The fourth-order valence-corrected chi connectivity index (χ4v) is 6.27. The summed E-state index contributed by atoms with van der Waals surface area (Å²) in [7, 11) is -3.86. The molecule has 0 saturated carbocycles. The molecule has 1 N–H and O–H groups in total. The van der Waals surface area contributed by atoms with Gasteiger partial charge in [0.25, 0.3) is 10.0 Å². The molecule has 0 aliphatic heterocycles. The Morgan fingerprint density at radius 1 is 0.848 bits per heavy atom. The van der Waals surface area contributed by atoms with Gasteiger partial charge in [-0.1, -0.05) is 62.4 Å². The van der Waals surface area contributed by atoms with Crippen LogP contribution in [0.2, 0.25) is 0 Å². The molecular formula is C36H33N5O4S. The molecule has 0 spiro atoms. The number of aryl methyl sites for hydroxylation is 2. The molecule has 9 nitrogen and oxygen atoms in total. The topological polar surface area (TPSA) is 116 Å². The number of carbonyl (C=O) groups excluding carboxylic acids is 1. The largest absolute Gasteiger partial charge is 0.462 e. The van der Waals surface area contributed by atoms with Crippen LogP contribution in [0.5, 0.6) is 0 Å². The van der Waals surface area contributed by atoms with Crippen molar-refractivity contribution in [3.8, 4) is 28.2 Å². The summed E-state index contributed by atoms with van der Waals surface area (Å²) in [6.45, 7) is 6.16. The molecule has 3 aromatic carbocycles. The van der Waals surface area contributed by atoms with Gasteiger partial charge < -0.3 is 4.74 Å². The molecule has 46 heavy (non-hydrogen) atoms. The summed E-state index contributed by atoms with van der Waals surface area (Å²) in [6.07, 6.45) is 4.80. The summed E-state index contributed by atoms with van der Waals surface area (Å²) in [4.78, 5) is 22.6. The van der Waals surface area contributed by atoms with Crippen LogP contribution in [0.25, 0.3) is 39.2 Å². The van der Waals surface area contributed by atoms with E-state index in [0.29, 0.717) is 39.2 Å². The minimum absolute atomic E-state index is 0.0747. The van der Waals surface area contributed by atoms with E-state index in [0.717, 1.165) is 24.1 Å². The van der Waals surface area contributed by atoms with Crippen molar-refractivity contribution in [2.24, 2.45) is 0 Å². The summed E-state index contributed by atoms with van der Waals surface area (Å²) in [5, 5.41) is 5.59. The van der Waals surface area contributed by atoms with Crippen LogP contribution in [0, 0.1) is 0 Å². The van der Waals surface area contributed by atoms with Crippen LogP contribution < -0.4 is 4.72 Å². The van der Waals surface area contributed by atoms with Crippen molar-refractivity contribution >= 4 is 32.7 Å². The first kappa shape index (κ1) is 30.7. The Balaban J connectivity index is 1.52. The third-order valence-corrected chi connectivity index (χ3v) is 9.13. The smallest absolute Gasteiger partial charge is 0.339 e. The van der Waals surface area contributed by atoms with E-state index in [4.69, 9.17) is 14.8 Å². The minimum Gasteiger partial charge on any atom is -0.462 e. The molecule has 0 fully saturated rings. The summed E-state index contributed by atoms with van der Waals surface area (Å²) >= 11 is 0. The highest BCUT2D eigenvalue weighted by Gasteiger charge is 2.25. The number of carbonyl (C=O) groups is 1. The molecule has 6 aromatic rings. The third-order valence-electron chi connectivity index (χ3n) is 7.73. The van der Waals surface area contributed by atoms with Crippen molar-refractivity contribution in [1.29, 1.82) is 0 Å². The van der Waals surface area contributed by atoms with Gasteiger partial charge in [-0.15, -0.1) is 0 Å². The van der Waals surface area contributed by atoms with Crippen LogP contribution >= 0.6 is 0 Å². The number of aromatic nitrogens is 4. The molecule has 0 bridgehead atoms. The first-order valence-corrected chi connectivity index (χ1v) is 16.6. The molecule has 6 rings (SSSR count). The van der Waals surface area contributed by atoms with Crippen molar-refractivity contribution in [2.45, 2.75) is 38.5 Å². The van der Waals surface area contributed by atoms with Gasteiger partial charge in [-0.25, -0.2) is 22.9 Å². The molecule has 10 heteroatoms. The second-order valence-electron chi connectivity index (χ2n) is 10.7. The second-order valence-corrected chi connectivity index (χ2v) is 12.4. The number of pyridine rings is 2. The van der Waals surface area contributed by atoms with Crippen LogP contribution in [-0.4, -0.2) is 40.7 Å². The van der Waals surface area contributed by atoms with Gasteiger partial charge in [-0.3, -0.25) is 9.71 Å². The van der Waals surface area contributed by atoms with Gasteiger partial charge in [0.2, 0.25) is 0 Å². The maximum absolute atomic E-state index is 13.5. The Labute approximate surface area is 268 Å².